The summed E-state index contributed by atoms with van der Waals surface area (Å²) in [5.41, 5.74) is 2.77. The third-order valence-electron chi connectivity index (χ3n) is 4.43. The Balaban J connectivity index is 1.62. The minimum absolute atomic E-state index is 0.0348. The van der Waals surface area contributed by atoms with Crippen molar-refractivity contribution in [2.24, 2.45) is 4.99 Å². The van der Waals surface area contributed by atoms with E-state index in [9.17, 15) is 14.0 Å². The van der Waals surface area contributed by atoms with Gasteiger partial charge in [-0.2, -0.15) is 0 Å². The molecule has 1 amide bonds. The van der Waals surface area contributed by atoms with Gasteiger partial charge in [0.15, 0.2) is 5.78 Å². The number of ketones is 1. The molecule has 0 saturated heterocycles. The summed E-state index contributed by atoms with van der Waals surface area (Å²) in [7, 11) is 1.51. The van der Waals surface area contributed by atoms with Crippen molar-refractivity contribution in [1.29, 1.82) is 0 Å². The maximum absolute atomic E-state index is 14.4. The zero-order valence-corrected chi connectivity index (χ0v) is 15.5. The number of H-pyrrole nitrogens is 1. The Morgan fingerprint density at radius 3 is 2.97 bits per heavy atom. The summed E-state index contributed by atoms with van der Waals surface area (Å²) in [5, 5.41) is 2.50. The van der Waals surface area contributed by atoms with Gasteiger partial charge in [-0.15, -0.1) is 0 Å². The number of aromatic nitrogens is 2. The van der Waals surface area contributed by atoms with Crippen LogP contribution in [0, 0.1) is 5.82 Å². The number of aromatic amines is 1. The first-order valence-electron chi connectivity index (χ1n) is 8.86. The maximum atomic E-state index is 14.4. The van der Waals surface area contributed by atoms with Gasteiger partial charge in [0.05, 0.1) is 23.4 Å². The van der Waals surface area contributed by atoms with E-state index in [1.54, 1.807) is 24.3 Å². The SMILES string of the molecule is COCCOC(=O)Nc1nc2ccc(C3=NCC(=O)c4cccc(F)c43)cc2[nH]1. The summed E-state index contributed by atoms with van der Waals surface area (Å²) in [6, 6.07) is 9.63. The topological polar surface area (TPSA) is 106 Å². The van der Waals surface area contributed by atoms with Crippen LogP contribution in [-0.2, 0) is 9.47 Å². The number of imidazole rings is 1. The molecule has 148 valence electrons. The summed E-state index contributed by atoms with van der Waals surface area (Å²) >= 11 is 0. The van der Waals surface area contributed by atoms with E-state index in [1.807, 2.05) is 0 Å². The molecule has 8 nitrogen and oxygen atoms in total. The Labute approximate surface area is 164 Å². The van der Waals surface area contributed by atoms with E-state index in [1.165, 1.54) is 19.2 Å². The molecular weight excluding hydrogens is 379 g/mol. The molecule has 1 aromatic heterocycles. The Morgan fingerprint density at radius 2 is 2.14 bits per heavy atom. The Morgan fingerprint density at radius 1 is 1.28 bits per heavy atom. The number of carbonyl (C=O) groups excluding carboxylic acids is 2. The lowest BCUT2D eigenvalue weighted by Gasteiger charge is -2.17. The lowest BCUT2D eigenvalue weighted by atomic mass is 9.92. The molecule has 2 heterocycles. The fraction of sp³-hybridized carbons (Fsp3) is 0.200. The quantitative estimate of drug-likeness (QED) is 0.645. The minimum Gasteiger partial charge on any atom is -0.447 e. The lowest BCUT2D eigenvalue weighted by Crippen LogP contribution is -2.21. The molecule has 0 atom stereocenters. The molecule has 0 unspecified atom stereocenters. The molecule has 4 rings (SSSR count). The van der Waals surface area contributed by atoms with Gasteiger partial charge in [0.1, 0.15) is 19.0 Å². The third kappa shape index (κ3) is 3.72. The summed E-state index contributed by atoms with van der Waals surface area (Å²) in [6.07, 6.45) is -0.660. The smallest absolute Gasteiger partial charge is 0.414 e. The summed E-state index contributed by atoms with van der Waals surface area (Å²) < 4.78 is 24.2. The van der Waals surface area contributed by atoms with Crippen LogP contribution in [0.1, 0.15) is 21.5 Å². The van der Waals surface area contributed by atoms with Gasteiger partial charge in [-0.05, 0) is 18.2 Å². The van der Waals surface area contributed by atoms with Crippen LogP contribution < -0.4 is 5.32 Å². The first kappa shape index (κ1) is 18.8. The van der Waals surface area contributed by atoms with Crippen LogP contribution in [-0.4, -0.2) is 54.4 Å². The van der Waals surface area contributed by atoms with E-state index in [0.29, 0.717) is 34.5 Å². The van der Waals surface area contributed by atoms with Crippen LogP contribution >= 0.6 is 0 Å². The number of amides is 1. The standard InChI is InChI=1S/C20H17FN4O4/c1-28-7-8-29-20(27)25-19-23-14-6-5-11(9-15(14)24-19)18-17-12(16(26)10-22-18)3-2-4-13(17)21/h2-6,9H,7-8,10H2,1H3,(H2,23,24,25,27). The van der Waals surface area contributed by atoms with Gasteiger partial charge in [-0.25, -0.2) is 14.2 Å². The van der Waals surface area contributed by atoms with Crippen molar-refractivity contribution in [1.82, 2.24) is 9.97 Å². The van der Waals surface area contributed by atoms with Crippen LogP contribution in [0.5, 0.6) is 0 Å². The zero-order valence-electron chi connectivity index (χ0n) is 15.5. The molecule has 3 aromatic rings. The lowest BCUT2D eigenvalue weighted by molar-refractivity contribution is 0.0999. The van der Waals surface area contributed by atoms with E-state index < -0.39 is 11.9 Å². The predicted octanol–water partition coefficient (Wildman–Crippen LogP) is 2.93. The van der Waals surface area contributed by atoms with Crippen molar-refractivity contribution >= 4 is 34.6 Å². The zero-order chi connectivity index (χ0) is 20.4. The van der Waals surface area contributed by atoms with E-state index in [-0.39, 0.29) is 30.4 Å². The van der Waals surface area contributed by atoms with Crippen molar-refractivity contribution in [3.05, 3.63) is 58.9 Å². The number of carbonyl (C=O) groups is 2. The second kappa shape index (κ2) is 7.80. The highest BCUT2D eigenvalue weighted by Crippen LogP contribution is 2.25. The van der Waals surface area contributed by atoms with Gasteiger partial charge in [0.2, 0.25) is 5.95 Å². The first-order valence-corrected chi connectivity index (χ1v) is 8.86. The highest BCUT2D eigenvalue weighted by molar-refractivity contribution is 6.22. The average molecular weight is 396 g/mol. The predicted molar refractivity (Wildman–Crippen MR) is 104 cm³/mol. The number of Topliss-reactive ketones (excluding diaryl/α,β-unsaturated/α-hetero) is 1. The van der Waals surface area contributed by atoms with Crippen LogP contribution in [0.15, 0.2) is 41.4 Å². The first-order chi connectivity index (χ1) is 14.1. The fourth-order valence-electron chi connectivity index (χ4n) is 3.11. The number of hydrogen-bond acceptors (Lipinski definition) is 6. The van der Waals surface area contributed by atoms with Crippen LogP contribution in [0.4, 0.5) is 15.1 Å². The molecule has 0 fully saturated rings. The van der Waals surface area contributed by atoms with Crippen LogP contribution in [0.3, 0.4) is 0 Å². The summed E-state index contributed by atoms with van der Waals surface area (Å²) in [6.45, 7) is 0.378. The van der Waals surface area contributed by atoms with E-state index in [0.717, 1.165) is 0 Å². The largest absolute Gasteiger partial charge is 0.447 e. The van der Waals surface area contributed by atoms with Crippen molar-refractivity contribution in [3.63, 3.8) is 0 Å². The second-order valence-corrected chi connectivity index (χ2v) is 6.32. The number of hydrogen-bond donors (Lipinski definition) is 2. The number of methoxy groups -OCH3 is 1. The fourth-order valence-corrected chi connectivity index (χ4v) is 3.11. The highest BCUT2D eigenvalue weighted by Gasteiger charge is 2.25. The Hall–Kier alpha value is -3.59. The molecule has 2 N–H and O–H groups in total. The van der Waals surface area contributed by atoms with E-state index in [4.69, 9.17) is 9.47 Å². The number of anilines is 1. The number of aliphatic imine (C=N–C) groups is 1. The number of fused-ring (bicyclic) bond motifs is 2. The van der Waals surface area contributed by atoms with Gasteiger partial charge in [-0.3, -0.25) is 15.1 Å². The highest BCUT2D eigenvalue weighted by atomic mass is 19.1. The molecule has 1 aliphatic rings. The van der Waals surface area contributed by atoms with Gasteiger partial charge in [-0.1, -0.05) is 18.2 Å². The molecule has 0 aliphatic carbocycles. The second-order valence-electron chi connectivity index (χ2n) is 6.32. The molecular formula is C20H17FN4O4. The van der Waals surface area contributed by atoms with Crippen molar-refractivity contribution in [2.45, 2.75) is 0 Å². The van der Waals surface area contributed by atoms with Crippen molar-refractivity contribution in [2.75, 3.05) is 32.2 Å². The summed E-state index contributed by atoms with van der Waals surface area (Å²) in [5.74, 6) is -0.503. The average Bonchev–Trinajstić information content (AvgIpc) is 3.10. The molecule has 9 heteroatoms. The van der Waals surface area contributed by atoms with E-state index >= 15 is 0 Å². The van der Waals surface area contributed by atoms with Crippen molar-refractivity contribution in [3.8, 4) is 0 Å². The number of rotatable bonds is 5. The number of benzene rings is 2. The molecule has 2 aromatic carbocycles. The van der Waals surface area contributed by atoms with Crippen LogP contribution in [0.2, 0.25) is 0 Å². The molecule has 0 spiro atoms. The number of halogens is 1. The molecule has 0 saturated carbocycles. The maximum Gasteiger partial charge on any atom is 0.414 e. The molecule has 1 aliphatic heterocycles. The van der Waals surface area contributed by atoms with Gasteiger partial charge in [0, 0.05) is 23.8 Å². The summed E-state index contributed by atoms with van der Waals surface area (Å²) in [4.78, 5) is 35.3. The Kier molecular flexibility index (Phi) is 5.05. The number of ether oxygens (including phenoxy) is 2. The number of nitrogens with one attached hydrogen (secondary N) is 2. The molecule has 29 heavy (non-hydrogen) atoms. The van der Waals surface area contributed by atoms with Gasteiger partial charge < -0.3 is 14.5 Å². The Bertz CT molecular complexity index is 1140. The van der Waals surface area contributed by atoms with Crippen molar-refractivity contribution < 1.29 is 23.5 Å². The molecule has 0 radical (unpaired) electrons. The normalized spacial score (nSPS) is 13.2. The monoisotopic (exact) mass is 396 g/mol. The van der Waals surface area contributed by atoms with E-state index in [2.05, 4.69) is 20.3 Å². The van der Waals surface area contributed by atoms with Gasteiger partial charge in [0.25, 0.3) is 0 Å². The van der Waals surface area contributed by atoms with Crippen LogP contribution in [0.25, 0.3) is 11.0 Å². The number of nitrogens with zero attached hydrogens (tertiary/aromatic N) is 2. The third-order valence-corrected chi connectivity index (χ3v) is 4.43. The minimum atomic E-state index is -0.660. The molecule has 0 bridgehead atoms. The van der Waals surface area contributed by atoms with Gasteiger partial charge >= 0.3 is 6.09 Å².